The van der Waals surface area contributed by atoms with Crippen molar-refractivity contribution in [2.24, 2.45) is 22.9 Å². The van der Waals surface area contributed by atoms with Crippen LogP contribution in [0.1, 0.15) is 40.0 Å². The predicted molar refractivity (Wildman–Crippen MR) is 50.6 cm³/mol. The highest BCUT2D eigenvalue weighted by Gasteiger charge is 2.27. The van der Waals surface area contributed by atoms with E-state index in [0.29, 0.717) is 17.8 Å². The van der Waals surface area contributed by atoms with Crippen molar-refractivity contribution in [1.82, 2.24) is 0 Å². The Bertz CT molecular complexity index is 175. The highest BCUT2D eigenvalue weighted by molar-refractivity contribution is 5.87. The maximum Gasteiger partial charge on any atom is 0.0606 e. The average molecular weight is 169 g/mol. The van der Waals surface area contributed by atoms with Crippen LogP contribution in [0.3, 0.4) is 0 Å². The van der Waals surface area contributed by atoms with Gasteiger partial charge in [-0.05, 0) is 31.1 Å². The Hall–Kier alpha value is -0.530. The SMILES string of the molecule is CC(C)C1CC[C@@H](C)C/C1=N\O. The molecule has 2 atom stereocenters. The molecule has 0 aromatic heterocycles. The van der Waals surface area contributed by atoms with Gasteiger partial charge in [0.05, 0.1) is 5.71 Å². The van der Waals surface area contributed by atoms with E-state index in [-0.39, 0.29) is 0 Å². The van der Waals surface area contributed by atoms with Crippen LogP contribution in [0, 0.1) is 17.8 Å². The van der Waals surface area contributed by atoms with Crippen LogP contribution in [-0.4, -0.2) is 10.9 Å². The molecule has 0 heterocycles. The van der Waals surface area contributed by atoms with E-state index >= 15 is 0 Å². The van der Waals surface area contributed by atoms with Crippen LogP contribution in [-0.2, 0) is 0 Å². The van der Waals surface area contributed by atoms with Gasteiger partial charge < -0.3 is 5.21 Å². The minimum absolute atomic E-state index is 0.520. The number of oxime groups is 1. The van der Waals surface area contributed by atoms with Crippen molar-refractivity contribution in [1.29, 1.82) is 0 Å². The van der Waals surface area contributed by atoms with E-state index in [1.807, 2.05) is 0 Å². The summed E-state index contributed by atoms with van der Waals surface area (Å²) in [5, 5.41) is 12.2. The minimum atomic E-state index is 0.520. The maximum atomic E-state index is 8.82. The molecule has 1 aliphatic rings. The van der Waals surface area contributed by atoms with Crippen LogP contribution >= 0.6 is 0 Å². The first-order chi connectivity index (χ1) is 5.65. The van der Waals surface area contributed by atoms with Gasteiger partial charge in [-0.15, -0.1) is 0 Å². The monoisotopic (exact) mass is 169 g/mol. The molecule has 0 aromatic carbocycles. The number of hydrogen-bond acceptors (Lipinski definition) is 2. The fourth-order valence-corrected chi connectivity index (χ4v) is 2.07. The topological polar surface area (TPSA) is 32.6 Å². The highest BCUT2D eigenvalue weighted by atomic mass is 16.4. The molecule has 1 rings (SSSR count). The van der Waals surface area contributed by atoms with E-state index in [1.165, 1.54) is 12.8 Å². The van der Waals surface area contributed by atoms with Crippen LogP contribution in [0.5, 0.6) is 0 Å². The molecular weight excluding hydrogens is 150 g/mol. The summed E-state index contributed by atoms with van der Waals surface area (Å²) in [6.07, 6.45) is 3.46. The van der Waals surface area contributed by atoms with Gasteiger partial charge in [0, 0.05) is 5.92 Å². The Kier molecular flexibility index (Phi) is 3.12. The van der Waals surface area contributed by atoms with Crippen molar-refractivity contribution in [3.05, 3.63) is 0 Å². The van der Waals surface area contributed by atoms with Crippen molar-refractivity contribution < 1.29 is 5.21 Å². The molecule has 0 aliphatic heterocycles. The summed E-state index contributed by atoms with van der Waals surface area (Å²) in [5.74, 6) is 1.83. The minimum Gasteiger partial charge on any atom is -0.411 e. The van der Waals surface area contributed by atoms with E-state index < -0.39 is 0 Å². The number of nitrogens with zero attached hydrogens (tertiary/aromatic N) is 1. The quantitative estimate of drug-likeness (QED) is 0.475. The smallest absolute Gasteiger partial charge is 0.0606 e. The second kappa shape index (κ2) is 3.92. The van der Waals surface area contributed by atoms with Crippen molar-refractivity contribution in [3.63, 3.8) is 0 Å². The molecule has 2 nitrogen and oxygen atoms in total. The molecule has 0 radical (unpaired) electrons. The van der Waals surface area contributed by atoms with E-state index in [4.69, 9.17) is 5.21 Å². The fourth-order valence-electron chi connectivity index (χ4n) is 2.07. The lowest BCUT2D eigenvalue weighted by Gasteiger charge is -2.29. The van der Waals surface area contributed by atoms with Crippen molar-refractivity contribution in [3.8, 4) is 0 Å². The van der Waals surface area contributed by atoms with Crippen molar-refractivity contribution >= 4 is 5.71 Å². The van der Waals surface area contributed by atoms with E-state index in [2.05, 4.69) is 25.9 Å². The molecule has 1 unspecified atom stereocenters. The molecule has 0 amide bonds. The molecule has 1 N–H and O–H groups in total. The van der Waals surface area contributed by atoms with Crippen LogP contribution < -0.4 is 0 Å². The van der Waals surface area contributed by atoms with Crippen molar-refractivity contribution in [2.75, 3.05) is 0 Å². The van der Waals surface area contributed by atoms with Gasteiger partial charge in [-0.1, -0.05) is 25.9 Å². The normalized spacial score (nSPS) is 34.5. The summed E-state index contributed by atoms with van der Waals surface area (Å²) < 4.78 is 0. The Morgan fingerprint density at radius 2 is 2.08 bits per heavy atom. The second-order valence-electron chi connectivity index (χ2n) is 4.33. The zero-order valence-corrected chi connectivity index (χ0v) is 8.25. The van der Waals surface area contributed by atoms with Gasteiger partial charge in [0.1, 0.15) is 0 Å². The molecule has 2 heteroatoms. The van der Waals surface area contributed by atoms with E-state index in [1.54, 1.807) is 0 Å². The standard InChI is InChI=1S/C10H19NO/c1-7(2)9-5-4-8(3)6-10(9)11-12/h7-9,12H,4-6H2,1-3H3/b11-10+/t8-,9?/m1/s1. The van der Waals surface area contributed by atoms with Crippen LogP contribution in [0.2, 0.25) is 0 Å². The number of rotatable bonds is 1. The second-order valence-corrected chi connectivity index (χ2v) is 4.33. The summed E-state index contributed by atoms with van der Waals surface area (Å²) in [6, 6.07) is 0. The van der Waals surface area contributed by atoms with Gasteiger partial charge in [-0.3, -0.25) is 0 Å². The van der Waals surface area contributed by atoms with Crippen LogP contribution in [0.15, 0.2) is 5.16 Å². The van der Waals surface area contributed by atoms with E-state index in [0.717, 1.165) is 12.1 Å². The van der Waals surface area contributed by atoms with Gasteiger partial charge in [0.2, 0.25) is 0 Å². The fraction of sp³-hybridized carbons (Fsp3) is 0.900. The molecule has 1 aliphatic carbocycles. The van der Waals surface area contributed by atoms with Gasteiger partial charge in [0.15, 0.2) is 0 Å². The highest BCUT2D eigenvalue weighted by Crippen LogP contribution is 2.30. The first-order valence-corrected chi connectivity index (χ1v) is 4.86. The lowest BCUT2D eigenvalue weighted by molar-refractivity contribution is 0.291. The third-order valence-corrected chi connectivity index (χ3v) is 2.89. The van der Waals surface area contributed by atoms with Crippen molar-refractivity contribution in [2.45, 2.75) is 40.0 Å². The molecule has 70 valence electrons. The molecule has 0 aromatic rings. The molecule has 12 heavy (non-hydrogen) atoms. The molecular formula is C10H19NO. The van der Waals surface area contributed by atoms with Crippen LogP contribution in [0.25, 0.3) is 0 Å². The third kappa shape index (κ3) is 1.99. The molecule has 0 bridgehead atoms. The lowest BCUT2D eigenvalue weighted by Crippen LogP contribution is -2.27. The van der Waals surface area contributed by atoms with Gasteiger partial charge in [0.25, 0.3) is 0 Å². The summed E-state index contributed by atoms with van der Waals surface area (Å²) >= 11 is 0. The Morgan fingerprint density at radius 1 is 1.42 bits per heavy atom. The summed E-state index contributed by atoms with van der Waals surface area (Å²) in [7, 11) is 0. The third-order valence-electron chi connectivity index (χ3n) is 2.89. The molecule has 1 fully saturated rings. The van der Waals surface area contributed by atoms with Crippen LogP contribution in [0.4, 0.5) is 0 Å². The van der Waals surface area contributed by atoms with Gasteiger partial charge >= 0.3 is 0 Å². The van der Waals surface area contributed by atoms with E-state index in [9.17, 15) is 0 Å². The lowest BCUT2D eigenvalue weighted by atomic mass is 9.76. The largest absolute Gasteiger partial charge is 0.411 e. The number of hydrogen-bond donors (Lipinski definition) is 1. The summed E-state index contributed by atoms with van der Waals surface area (Å²) in [5.41, 5.74) is 1.02. The van der Waals surface area contributed by atoms with Gasteiger partial charge in [-0.2, -0.15) is 0 Å². The Balaban J connectivity index is 2.63. The predicted octanol–water partition coefficient (Wildman–Crippen LogP) is 2.91. The Labute approximate surface area is 74.7 Å². The Morgan fingerprint density at radius 3 is 2.58 bits per heavy atom. The zero-order valence-electron chi connectivity index (χ0n) is 8.25. The summed E-state index contributed by atoms with van der Waals surface area (Å²) in [4.78, 5) is 0. The zero-order chi connectivity index (χ0) is 9.14. The maximum absolute atomic E-state index is 8.82. The molecule has 0 saturated heterocycles. The average Bonchev–Trinajstić information content (AvgIpc) is 2.03. The first-order valence-electron chi connectivity index (χ1n) is 4.86. The van der Waals surface area contributed by atoms with Gasteiger partial charge in [-0.25, -0.2) is 0 Å². The molecule has 0 spiro atoms. The summed E-state index contributed by atoms with van der Waals surface area (Å²) in [6.45, 7) is 6.62. The first kappa shape index (κ1) is 9.56. The molecule has 1 saturated carbocycles.